The molecule has 1 aromatic rings. The first-order chi connectivity index (χ1) is 7.41. The number of amides is 1. The van der Waals surface area contributed by atoms with E-state index >= 15 is 0 Å². The van der Waals surface area contributed by atoms with Crippen molar-refractivity contribution in [2.45, 2.75) is 0 Å². The molecule has 1 aromatic heterocycles. The molecule has 1 amide bonds. The van der Waals surface area contributed by atoms with Gasteiger partial charge in [0.05, 0.1) is 10.6 Å². The van der Waals surface area contributed by atoms with E-state index in [9.17, 15) is 9.59 Å². The Bertz CT molecular complexity index is 437. The standard InChI is InChI=1S/C9H8Cl2N2O3/c1-13(4-8(14)15)9(16)5-2-7(11)12-3-6(5)10/h2-3H,4H2,1H3,(H,14,15). The van der Waals surface area contributed by atoms with Crippen LogP contribution in [0.1, 0.15) is 10.4 Å². The highest BCUT2D eigenvalue weighted by molar-refractivity contribution is 6.35. The highest BCUT2D eigenvalue weighted by Crippen LogP contribution is 2.19. The van der Waals surface area contributed by atoms with Gasteiger partial charge in [0.15, 0.2) is 0 Å². The Morgan fingerprint density at radius 3 is 2.69 bits per heavy atom. The molecular formula is C9H8Cl2N2O3. The molecule has 7 heteroatoms. The van der Waals surface area contributed by atoms with Gasteiger partial charge in [-0.1, -0.05) is 23.2 Å². The molecule has 86 valence electrons. The predicted molar refractivity (Wildman–Crippen MR) is 58.9 cm³/mol. The van der Waals surface area contributed by atoms with Gasteiger partial charge < -0.3 is 10.0 Å². The second-order valence-corrected chi connectivity index (χ2v) is 3.84. The summed E-state index contributed by atoms with van der Waals surface area (Å²) >= 11 is 11.4. The quantitative estimate of drug-likeness (QED) is 0.840. The zero-order valence-corrected chi connectivity index (χ0v) is 9.79. The van der Waals surface area contributed by atoms with Crippen LogP contribution < -0.4 is 0 Å². The number of carbonyl (C=O) groups excluding carboxylic acids is 1. The lowest BCUT2D eigenvalue weighted by molar-refractivity contribution is -0.137. The summed E-state index contributed by atoms with van der Waals surface area (Å²) in [6.07, 6.45) is 1.24. The second kappa shape index (κ2) is 5.14. The molecule has 0 radical (unpaired) electrons. The van der Waals surface area contributed by atoms with Crippen LogP contribution in [-0.2, 0) is 4.79 Å². The molecule has 0 saturated carbocycles. The van der Waals surface area contributed by atoms with Crippen molar-refractivity contribution in [1.82, 2.24) is 9.88 Å². The van der Waals surface area contributed by atoms with Crippen molar-refractivity contribution in [1.29, 1.82) is 0 Å². The Labute approximate surface area is 102 Å². The third kappa shape index (κ3) is 3.08. The second-order valence-electron chi connectivity index (χ2n) is 3.04. The van der Waals surface area contributed by atoms with Crippen LogP contribution in [-0.4, -0.2) is 40.5 Å². The van der Waals surface area contributed by atoms with Gasteiger partial charge in [-0.05, 0) is 6.07 Å². The molecule has 0 atom stereocenters. The Balaban J connectivity index is 2.95. The number of carbonyl (C=O) groups is 2. The van der Waals surface area contributed by atoms with Crippen molar-refractivity contribution in [3.05, 3.63) is 28.0 Å². The molecule has 1 N–H and O–H groups in total. The molecule has 0 saturated heterocycles. The van der Waals surface area contributed by atoms with E-state index in [2.05, 4.69) is 4.98 Å². The van der Waals surface area contributed by atoms with Crippen molar-refractivity contribution >= 4 is 35.1 Å². The highest BCUT2D eigenvalue weighted by Gasteiger charge is 2.17. The lowest BCUT2D eigenvalue weighted by Gasteiger charge is -2.15. The SMILES string of the molecule is CN(CC(=O)O)C(=O)c1cc(Cl)ncc1Cl. The van der Waals surface area contributed by atoms with E-state index in [-0.39, 0.29) is 15.7 Å². The third-order valence-corrected chi connectivity index (χ3v) is 2.28. The van der Waals surface area contributed by atoms with E-state index in [0.717, 1.165) is 4.90 Å². The summed E-state index contributed by atoms with van der Waals surface area (Å²) in [6.45, 7) is -0.408. The molecule has 0 aliphatic carbocycles. The largest absolute Gasteiger partial charge is 0.480 e. The molecule has 0 unspecified atom stereocenters. The maximum Gasteiger partial charge on any atom is 0.323 e. The van der Waals surface area contributed by atoms with Crippen LogP contribution >= 0.6 is 23.2 Å². The Kier molecular flexibility index (Phi) is 4.09. The Morgan fingerprint density at radius 2 is 2.12 bits per heavy atom. The molecular weight excluding hydrogens is 255 g/mol. The number of pyridine rings is 1. The topological polar surface area (TPSA) is 70.5 Å². The summed E-state index contributed by atoms with van der Waals surface area (Å²) in [5.41, 5.74) is 0.130. The fraction of sp³-hybridized carbons (Fsp3) is 0.222. The molecule has 1 heterocycles. The average molecular weight is 263 g/mol. The number of carboxylic acid groups (broad SMARTS) is 1. The zero-order chi connectivity index (χ0) is 12.3. The van der Waals surface area contributed by atoms with Gasteiger partial charge in [-0.3, -0.25) is 9.59 Å². The maximum absolute atomic E-state index is 11.7. The van der Waals surface area contributed by atoms with Gasteiger partial charge >= 0.3 is 5.97 Å². The van der Waals surface area contributed by atoms with Crippen molar-refractivity contribution in [2.75, 3.05) is 13.6 Å². The van der Waals surface area contributed by atoms with Crippen molar-refractivity contribution in [3.63, 3.8) is 0 Å². The molecule has 5 nitrogen and oxygen atoms in total. The summed E-state index contributed by atoms with van der Waals surface area (Å²) in [5, 5.41) is 8.79. The lowest BCUT2D eigenvalue weighted by atomic mass is 10.2. The number of rotatable bonds is 3. The first-order valence-corrected chi connectivity index (χ1v) is 4.95. The van der Waals surface area contributed by atoms with E-state index in [0.29, 0.717) is 0 Å². The minimum absolute atomic E-state index is 0.122. The first-order valence-electron chi connectivity index (χ1n) is 4.20. The van der Waals surface area contributed by atoms with Crippen molar-refractivity contribution in [2.24, 2.45) is 0 Å². The zero-order valence-electron chi connectivity index (χ0n) is 8.28. The van der Waals surface area contributed by atoms with Gasteiger partial charge in [0.1, 0.15) is 11.7 Å². The lowest BCUT2D eigenvalue weighted by Crippen LogP contribution is -2.32. The molecule has 0 spiro atoms. The first kappa shape index (κ1) is 12.7. The van der Waals surface area contributed by atoms with Crippen molar-refractivity contribution in [3.8, 4) is 0 Å². The summed E-state index contributed by atoms with van der Waals surface area (Å²) < 4.78 is 0. The van der Waals surface area contributed by atoms with Crippen LogP contribution in [0.3, 0.4) is 0 Å². The van der Waals surface area contributed by atoms with Crippen LogP contribution in [0.15, 0.2) is 12.3 Å². The molecule has 1 rings (SSSR count). The van der Waals surface area contributed by atoms with Gasteiger partial charge in [-0.25, -0.2) is 4.98 Å². The molecule has 16 heavy (non-hydrogen) atoms. The maximum atomic E-state index is 11.7. The number of likely N-dealkylation sites (N-methyl/N-ethyl adjacent to an activating group) is 1. The van der Waals surface area contributed by atoms with Crippen LogP contribution in [0.25, 0.3) is 0 Å². The van der Waals surface area contributed by atoms with E-state index in [4.69, 9.17) is 28.3 Å². The normalized spacial score (nSPS) is 9.94. The number of carboxylic acids is 1. The molecule has 0 aliphatic rings. The number of halogens is 2. The Hall–Kier alpha value is -1.33. The minimum atomic E-state index is -1.10. The number of hydrogen-bond acceptors (Lipinski definition) is 3. The van der Waals surface area contributed by atoms with E-state index in [1.54, 1.807) is 0 Å². The predicted octanol–water partition coefficient (Wildman–Crippen LogP) is 1.54. The van der Waals surface area contributed by atoms with Gasteiger partial charge in [0.2, 0.25) is 0 Å². The van der Waals surface area contributed by atoms with Crippen LogP contribution in [0.4, 0.5) is 0 Å². The van der Waals surface area contributed by atoms with Gasteiger partial charge in [0, 0.05) is 13.2 Å². The molecule has 0 aromatic carbocycles. The van der Waals surface area contributed by atoms with Crippen LogP contribution in [0.2, 0.25) is 10.2 Å². The van der Waals surface area contributed by atoms with Crippen LogP contribution in [0.5, 0.6) is 0 Å². The number of hydrogen-bond donors (Lipinski definition) is 1. The van der Waals surface area contributed by atoms with Crippen LogP contribution in [0, 0.1) is 0 Å². The summed E-state index contributed by atoms with van der Waals surface area (Å²) in [7, 11) is 1.36. The molecule has 0 fully saturated rings. The van der Waals surface area contributed by atoms with Crippen molar-refractivity contribution < 1.29 is 14.7 Å². The summed E-state index contributed by atoms with van der Waals surface area (Å²) in [5.74, 6) is -1.62. The van der Waals surface area contributed by atoms with E-state index in [1.165, 1.54) is 19.3 Å². The van der Waals surface area contributed by atoms with E-state index < -0.39 is 18.4 Å². The summed E-state index contributed by atoms with van der Waals surface area (Å²) in [4.78, 5) is 26.9. The van der Waals surface area contributed by atoms with Gasteiger partial charge in [0.25, 0.3) is 5.91 Å². The number of aliphatic carboxylic acids is 1. The number of aromatic nitrogens is 1. The Morgan fingerprint density at radius 1 is 1.50 bits per heavy atom. The molecule has 0 bridgehead atoms. The highest BCUT2D eigenvalue weighted by atomic mass is 35.5. The van der Waals surface area contributed by atoms with Gasteiger partial charge in [-0.2, -0.15) is 0 Å². The number of nitrogens with zero attached hydrogens (tertiary/aromatic N) is 2. The fourth-order valence-corrected chi connectivity index (χ4v) is 1.40. The molecule has 0 aliphatic heterocycles. The van der Waals surface area contributed by atoms with E-state index in [1.807, 2.05) is 0 Å². The minimum Gasteiger partial charge on any atom is -0.480 e. The third-order valence-electron chi connectivity index (χ3n) is 1.77. The average Bonchev–Trinajstić information content (AvgIpc) is 2.19. The van der Waals surface area contributed by atoms with Gasteiger partial charge in [-0.15, -0.1) is 0 Å². The monoisotopic (exact) mass is 262 g/mol. The fourth-order valence-electron chi connectivity index (χ4n) is 1.06. The summed E-state index contributed by atoms with van der Waals surface area (Å²) in [6, 6.07) is 1.30. The smallest absolute Gasteiger partial charge is 0.323 e.